The average molecular weight is 288 g/mol. The van der Waals surface area contributed by atoms with Crippen molar-refractivity contribution >= 4 is 16.8 Å². The fourth-order valence-corrected chi connectivity index (χ4v) is 2.98. The van der Waals surface area contributed by atoms with E-state index in [1.54, 1.807) is 6.07 Å². The van der Waals surface area contributed by atoms with Crippen LogP contribution in [0.15, 0.2) is 24.4 Å². The van der Waals surface area contributed by atoms with Crippen molar-refractivity contribution in [2.75, 3.05) is 6.54 Å². The predicted octanol–water partition coefficient (Wildman–Crippen LogP) is 3.65. The Kier molecular flexibility index (Phi) is 3.70. The van der Waals surface area contributed by atoms with E-state index < -0.39 is 5.41 Å². The summed E-state index contributed by atoms with van der Waals surface area (Å²) in [6.07, 6.45) is 6.92. The van der Waals surface area contributed by atoms with Crippen LogP contribution in [0, 0.1) is 5.82 Å². The molecule has 0 bridgehead atoms. The summed E-state index contributed by atoms with van der Waals surface area (Å²) in [6, 6.07) is 4.70. The van der Waals surface area contributed by atoms with Gasteiger partial charge in [-0.15, -0.1) is 0 Å². The van der Waals surface area contributed by atoms with Crippen LogP contribution in [0.1, 0.15) is 44.6 Å². The number of H-pyrrole nitrogens is 1. The number of amides is 1. The van der Waals surface area contributed by atoms with Crippen molar-refractivity contribution in [1.82, 2.24) is 10.3 Å². The van der Waals surface area contributed by atoms with E-state index in [1.165, 1.54) is 12.1 Å². The van der Waals surface area contributed by atoms with Gasteiger partial charge in [-0.3, -0.25) is 4.79 Å². The summed E-state index contributed by atoms with van der Waals surface area (Å²) in [7, 11) is 0. The number of hydrogen-bond donors (Lipinski definition) is 2. The van der Waals surface area contributed by atoms with Gasteiger partial charge in [0, 0.05) is 23.6 Å². The van der Waals surface area contributed by atoms with Crippen molar-refractivity contribution in [3.8, 4) is 0 Å². The van der Waals surface area contributed by atoms with Crippen molar-refractivity contribution in [3.63, 3.8) is 0 Å². The first kappa shape index (κ1) is 14.1. The van der Waals surface area contributed by atoms with Gasteiger partial charge in [0.25, 0.3) is 0 Å². The molecule has 0 aliphatic heterocycles. The topological polar surface area (TPSA) is 44.9 Å². The van der Waals surface area contributed by atoms with Crippen LogP contribution in [0.25, 0.3) is 10.9 Å². The summed E-state index contributed by atoms with van der Waals surface area (Å²) in [5.74, 6) is -0.145. The summed E-state index contributed by atoms with van der Waals surface area (Å²) >= 11 is 0. The largest absolute Gasteiger partial charge is 0.361 e. The molecule has 2 aromatic rings. The van der Waals surface area contributed by atoms with Gasteiger partial charge in [0.15, 0.2) is 0 Å². The molecule has 4 heteroatoms. The van der Waals surface area contributed by atoms with Crippen LogP contribution < -0.4 is 5.32 Å². The van der Waals surface area contributed by atoms with E-state index in [2.05, 4.69) is 17.2 Å². The number of carbonyl (C=O) groups excluding carboxylic acids is 1. The van der Waals surface area contributed by atoms with E-state index in [-0.39, 0.29) is 11.7 Å². The summed E-state index contributed by atoms with van der Waals surface area (Å²) in [5, 5.41) is 4.01. The SMILES string of the molecule is CCCCCNC(=O)C1(c2c[nH]c3cc(F)ccc23)CC1. The lowest BCUT2D eigenvalue weighted by atomic mass is 9.94. The van der Waals surface area contributed by atoms with Crippen molar-refractivity contribution in [2.24, 2.45) is 0 Å². The molecule has 21 heavy (non-hydrogen) atoms. The highest BCUT2D eigenvalue weighted by atomic mass is 19.1. The maximum atomic E-state index is 13.3. The summed E-state index contributed by atoms with van der Waals surface area (Å²) in [4.78, 5) is 15.6. The molecule has 1 aromatic heterocycles. The van der Waals surface area contributed by atoms with Crippen molar-refractivity contribution in [2.45, 2.75) is 44.4 Å². The highest BCUT2D eigenvalue weighted by Crippen LogP contribution is 2.50. The van der Waals surface area contributed by atoms with Crippen LogP contribution in [0.4, 0.5) is 4.39 Å². The third-order valence-corrected chi connectivity index (χ3v) is 4.41. The molecule has 0 saturated heterocycles. The number of hydrogen-bond acceptors (Lipinski definition) is 1. The Labute approximate surface area is 123 Å². The Morgan fingerprint density at radius 2 is 2.19 bits per heavy atom. The van der Waals surface area contributed by atoms with E-state index in [0.717, 1.165) is 55.1 Å². The molecule has 1 amide bonds. The first-order valence-electron chi connectivity index (χ1n) is 7.73. The molecule has 1 aliphatic rings. The standard InChI is InChI=1S/C17H21FN2O/c1-2-3-4-9-19-16(21)17(7-8-17)14-11-20-15-10-12(18)5-6-13(14)15/h5-6,10-11,20H,2-4,7-9H2,1H3,(H,19,21). The van der Waals surface area contributed by atoms with Crippen LogP contribution in [0.2, 0.25) is 0 Å². The number of benzene rings is 1. The van der Waals surface area contributed by atoms with Crippen LogP contribution in [-0.2, 0) is 10.2 Å². The molecule has 3 rings (SSSR count). The lowest BCUT2D eigenvalue weighted by Crippen LogP contribution is -2.35. The number of halogens is 1. The Morgan fingerprint density at radius 3 is 2.90 bits per heavy atom. The minimum Gasteiger partial charge on any atom is -0.361 e. The first-order chi connectivity index (χ1) is 10.2. The zero-order chi connectivity index (χ0) is 14.9. The number of nitrogens with one attached hydrogen (secondary N) is 2. The van der Waals surface area contributed by atoms with Crippen LogP contribution >= 0.6 is 0 Å². The molecule has 1 saturated carbocycles. The molecule has 1 fully saturated rings. The van der Waals surface area contributed by atoms with Gasteiger partial charge in [0.1, 0.15) is 5.82 Å². The molecular formula is C17H21FN2O. The van der Waals surface area contributed by atoms with E-state index in [1.807, 2.05) is 6.20 Å². The molecule has 0 unspecified atom stereocenters. The number of aromatic nitrogens is 1. The zero-order valence-corrected chi connectivity index (χ0v) is 12.3. The highest BCUT2D eigenvalue weighted by Gasteiger charge is 2.52. The first-order valence-corrected chi connectivity index (χ1v) is 7.73. The number of aromatic amines is 1. The van der Waals surface area contributed by atoms with Gasteiger partial charge >= 0.3 is 0 Å². The average Bonchev–Trinajstić information content (AvgIpc) is 3.18. The zero-order valence-electron chi connectivity index (χ0n) is 12.3. The van der Waals surface area contributed by atoms with E-state index in [9.17, 15) is 9.18 Å². The second kappa shape index (κ2) is 5.51. The molecule has 0 spiro atoms. The number of rotatable bonds is 6. The second-order valence-electron chi connectivity index (χ2n) is 5.94. The van der Waals surface area contributed by atoms with E-state index in [4.69, 9.17) is 0 Å². The normalized spacial score (nSPS) is 16.1. The van der Waals surface area contributed by atoms with Crippen LogP contribution in [0.3, 0.4) is 0 Å². The van der Waals surface area contributed by atoms with Crippen LogP contribution in [0.5, 0.6) is 0 Å². The molecular weight excluding hydrogens is 267 g/mol. The molecule has 0 atom stereocenters. The minimum absolute atomic E-state index is 0.115. The smallest absolute Gasteiger partial charge is 0.230 e. The van der Waals surface area contributed by atoms with Gasteiger partial charge in [0.05, 0.1) is 5.41 Å². The number of carbonyl (C=O) groups is 1. The molecule has 3 nitrogen and oxygen atoms in total. The molecule has 1 aliphatic carbocycles. The van der Waals surface area contributed by atoms with Gasteiger partial charge in [-0.1, -0.05) is 19.8 Å². The monoisotopic (exact) mass is 288 g/mol. The van der Waals surface area contributed by atoms with E-state index >= 15 is 0 Å². The molecule has 1 aromatic carbocycles. The lowest BCUT2D eigenvalue weighted by Gasteiger charge is -2.15. The fraction of sp³-hybridized carbons (Fsp3) is 0.471. The maximum absolute atomic E-state index is 13.3. The van der Waals surface area contributed by atoms with Crippen molar-refractivity contribution < 1.29 is 9.18 Å². The predicted molar refractivity (Wildman–Crippen MR) is 81.7 cm³/mol. The Balaban J connectivity index is 1.79. The van der Waals surface area contributed by atoms with Gasteiger partial charge < -0.3 is 10.3 Å². The fourth-order valence-electron chi connectivity index (χ4n) is 2.98. The number of fused-ring (bicyclic) bond motifs is 1. The van der Waals surface area contributed by atoms with E-state index in [0.29, 0.717) is 0 Å². The molecule has 0 radical (unpaired) electrons. The Morgan fingerprint density at radius 1 is 1.38 bits per heavy atom. The minimum atomic E-state index is -0.401. The Bertz CT molecular complexity index is 658. The Hall–Kier alpha value is -1.84. The van der Waals surface area contributed by atoms with Gasteiger partial charge in [-0.05, 0) is 43.0 Å². The molecule has 1 heterocycles. The second-order valence-corrected chi connectivity index (χ2v) is 5.94. The van der Waals surface area contributed by atoms with Crippen LogP contribution in [-0.4, -0.2) is 17.4 Å². The van der Waals surface area contributed by atoms with Gasteiger partial charge in [-0.2, -0.15) is 0 Å². The summed E-state index contributed by atoms with van der Waals surface area (Å²) in [6.45, 7) is 2.89. The highest BCUT2D eigenvalue weighted by molar-refractivity contribution is 5.97. The van der Waals surface area contributed by atoms with Crippen molar-refractivity contribution in [1.29, 1.82) is 0 Å². The summed E-state index contributed by atoms with van der Waals surface area (Å²) < 4.78 is 13.3. The summed E-state index contributed by atoms with van der Waals surface area (Å²) in [5.41, 5.74) is 1.36. The third kappa shape index (κ3) is 2.55. The lowest BCUT2D eigenvalue weighted by molar-refractivity contribution is -0.123. The maximum Gasteiger partial charge on any atom is 0.230 e. The van der Waals surface area contributed by atoms with Gasteiger partial charge in [-0.25, -0.2) is 4.39 Å². The number of unbranched alkanes of at least 4 members (excludes halogenated alkanes) is 2. The molecule has 2 N–H and O–H groups in total. The quantitative estimate of drug-likeness (QED) is 0.783. The molecule has 112 valence electrons. The van der Waals surface area contributed by atoms with Gasteiger partial charge in [0.2, 0.25) is 5.91 Å². The van der Waals surface area contributed by atoms with Crippen molar-refractivity contribution in [3.05, 3.63) is 35.8 Å². The third-order valence-electron chi connectivity index (χ3n) is 4.41.